The molecule has 0 saturated heterocycles. The molecule has 0 radical (unpaired) electrons. The molecule has 4 heteroatoms. The number of aromatic nitrogens is 2. The Hall–Kier alpha value is -2.62. The van der Waals surface area contributed by atoms with Gasteiger partial charge in [-0.1, -0.05) is 12.1 Å². The molecule has 0 atom stereocenters. The highest BCUT2D eigenvalue weighted by Gasteiger charge is 2.54. The minimum absolute atomic E-state index is 0.120. The van der Waals surface area contributed by atoms with Crippen molar-refractivity contribution in [2.75, 3.05) is 5.32 Å². The highest BCUT2D eigenvalue weighted by Crippen LogP contribution is 2.60. The number of hydrogen-bond acceptors (Lipinski definition) is 2. The van der Waals surface area contributed by atoms with Crippen molar-refractivity contribution in [3.05, 3.63) is 54.4 Å². The van der Waals surface area contributed by atoms with Crippen LogP contribution in [0.1, 0.15) is 44.1 Å². The lowest BCUT2D eigenvalue weighted by atomic mass is 9.49. The number of imidazole rings is 1. The van der Waals surface area contributed by atoms with E-state index in [0.717, 1.165) is 59.6 Å². The maximum Gasteiger partial charge on any atom is 0.230 e. The van der Waals surface area contributed by atoms with Crippen LogP contribution < -0.4 is 5.32 Å². The van der Waals surface area contributed by atoms with Crippen molar-refractivity contribution in [2.24, 2.45) is 23.2 Å². The Labute approximate surface area is 171 Å². The van der Waals surface area contributed by atoms with Gasteiger partial charge < -0.3 is 9.72 Å². The molecule has 1 amide bonds. The van der Waals surface area contributed by atoms with E-state index in [-0.39, 0.29) is 11.3 Å². The van der Waals surface area contributed by atoms with E-state index < -0.39 is 0 Å². The minimum Gasteiger partial charge on any atom is -0.326 e. The number of carbonyl (C=O) groups is 1. The van der Waals surface area contributed by atoms with Crippen molar-refractivity contribution in [2.45, 2.75) is 45.4 Å². The fourth-order valence-corrected chi connectivity index (χ4v) is 6.63. The number of nitrogens with zero attached hydrogens (tertiary/aromatic N) is 2. The van der Waals surface area contributed by atoms with Gasteiger partial charge in [-0.3, -0.25) is 4.79 Å². The van der Waals surface area contributed by atoms with Gasteiger partial charge in [0, 0.05) is 23.6 Å². The number of pyridine rings is 1. The number of rotatable bonds is 3. The molecule has 29 heavy (non-hydrogen) atoms. The Kier molecular flexibility index (Phi) is 3.68. The Balaban J connectivity index is 1.27. The van der Waals surface area contributed by atoms with Crippen molar-refractivity contribution in [1.82, 2.24) is 9.38 Å². The highest BCUT2D eigenvalue weighted by atomic mass is 16.2. The highest BCUT2D eigenvalue weighted by molar-refractivity contribution is 5.96. The second kappa shape index (κ2) is 6.19. The van der Waals surface area contributed by atoms with Crippen LogP contribution in [0.15, 0.2) is 48.8 Å². The van der Waals surface area contributed by atoms with Crippen molar-refractivity contribution >= 4 is 17.2 Å². The number of anilines is 1. The third-order valence-electron chi connectivity index (χ3n) is 7.55. The number of aryl methyl sites for hydroxylation is 1. The lowest BCUT2D eigenvalue weighted by molar-refractivity contribution is -0.140. The normalized spacial score (nSPS) is 30.0. The fourth-order valence-electron chi connectivity index (χ4n) is 6.63. The molecule has 7 rings (SSSR count). The Morgan fingerprint density at radius 2 is 1.79 bits per heavy atom. The second-order valence-corrected chi connectivity index (χ2v) is 9.83. The standard InChI is InChI=1S/C25H27N3O/c1-16-5-6-28-15-22(27-23(28)7-16)20-3-2-4-21(11-20)26-24(29)25-12-17-8-18(13-25)10-19(9-17)14-25/h2-7,11,15,17-19H,8-10,12-14H2,1H3,(H,26,29). The zero-order chi connectivity index (χ0) is 19.6. The monoisotopic (exact) mass is 385 g/mol. The minimum atomic E-state index is -0.120. The molecule has 2 heterocycles. The lowest BCUT2D eigenvalue weighted by Crippen LogP contribution is -2.51. The van der Waals surface area contributed by atoms with Crippen LogP contribution in [0.4, 0.5) is 5.69 Å². The van der Waals surface area contributed by atoms with Gasteiger partial charge in [-0.25, -0.2) is 4.98 Å². The first-order valence-corrected chi connectivity index (χ1v) is 10.9. The summed E-state index contributed by atoms with van der Waals surface area (Å²) in [6.45, 7) is 2.08. The van der Waals surface area contributed by atoms with Crippen molar-refractivity contribution in [3.8, 4) is 11.3 Å². The van der Waals surface area contributed by atoms with Crippen LogP contribution in [0.2, 0.25) is 0 Å². The molecule has 148 valence electrons. The maximum atomic E-state index is 13.4. The summed E-state index contributed by atoms with van der Waals surface area (Å²) in [4.78, 5) is 18.1. The fraction of sp³-hybridized carbons (Fsp3) is 0.440. The van der Waals surface area contributed by atoms with Crippen LogP contribution in [0.5, 0.6) is 0 Å². The topological polar surface area (TPSA) is 46.4 Å². The van der Waals surface area contributed by atoms with Crippen LogP contribution in [0.25, 0.3) is 16.9 Å². The quantitative estimate of drug-likeness (QED) is 0.650. The zero-order valence-electron chi connectivity index (χ0n) is 16.9. The number of hydrogen-bond donors (Lipinski definition) is 1. The summed E-state index contributed by atoms with van der Waals surface area (Å²) in [7, 11) is 0. The van der Waals surface area contributed by atoms with E-state index in [2.05, 4.69) is 42.7 Å². The summed E-state index contributed by atoms with van der Waals surface area (Å²) in [5, 5.41) is 3.28. The molecule has 1 aromatic carbocycles. The number of fused-ring (bicyclic) bond motifs is 1. The number of nitrogens with one attached hydrogen (secondary N) is 1. The molecule has 3 aromatic rings. The van der Waals surface area contributed by atoms with Gasteiger partial charge in [-0.15, -0.1) is 0 Å². The summed E-state index contributed by atoms with van der Waals surface area (Å²) >= 11 is 0. The van der Waals surface area contributed by atoms with Gasteiger partial charge >= 0.3 is 0 Å². The number of benzene rings is 1. The second-order valence-electron chi connectivity index (χ2n) is 9.83. The van der Waals surface area contributed by atoms with Crippen molar-refractivity contribution in [3.63, 3.8) is 0 Å². The van der Waals surface area contributed by atoms with Gasteiger partial charge in [0.15, 0.2) is 0 Å². The summed E-state index contributed by atoms with van der Waals surface area (Å²) in [6.07, 6.45) is 11.4. The van der Waals surface area contributed by atoms with E-state index in [1.807, 2.05) is 22.7 Å². The Bertz CT molecular complexity index is 1080. The first kappa shape index (κ1) is 17.3. The van der Waals surface area contributed by atoms with Gasteiger partial charge in [0.25, 0.3) is 0 Å². The summed E-state index contributed by atoms with van der Waals surface area (Å²) < 4.78 is 2.04. The van der Waals surface area contributed by atoms with Crippen LogP contribution in [-0.4, -0.2) is 15.3 Å². The van der Waals surface area contributed by atoms with Gasteiger partial charge in [-0.05, 0) is 93.0 Å². The van der Waals surface area contributed by atoms with E-state index in [0.29, 0.717) is 0 Å². The number of amides is 1. The molecule has 0 unspecified atom stereocenters. The summed E-state index contributed by atoms with van der Waals surface area (Å²) in [6, 6.07) is 12.3. The lowest BCUT2D eigenvalue weighted by Gasteiger charge is -2.55. The smallest absolute Gasteiger partial charge is 0.230 e. The van der Waals surface area contributed by atoms with Gasteiger partial charge in [-0.2, -0.15) is 0 Å². The molecule has 4 saturated carbocycles. The molecule has 4 bridgehead atoms. The van der Waals surface area contributed by atoms with Gasteiger partial charge in [0.1, 0.15) is 5.65 Å². The largest absolute Gasteiger partial charge is 0.326 e. The van der Waals surface area contributed by atoms with Crippen LogP contribution in [0, 0.1) is 30.1 Å². The van der Waals surface area contributed by atoms with E-state index >= 15 is 0 Å². The summed E-state index contributed by atoms with van der Waals surface area (Å²) in [5.41, 5.74) is 4.88. The van der Waals surface area contributed by atoms with E-state index in [1.165, 1.54) is 24.8 Å². The molecule has 4 aliphatic rings. The molecule has 0 aliphatic heterocycles. The Morgan fingerprint density at radius 1 is 1.07 bits per heavy atom. The van der Waals surface area contributed by atoms with Crippen LogP contribution >= 0.6 is 0 Å². The van der Waals surface area contributed by atoms with E-state index in [4.69, 9.17) is 4.98 Å². The molecule has 0 spiro atoms. The molecule has 4 aliphatic carbocycles. The zero-order valence-corrected chi connectivity index (χ0v) is 16.9. The van der Waals surface area contributed by atoms with Crippen molar-refractivity contribution in [1.29, 1.82) is 0 Å². The van der Waals surface area contributed by atoms with E-state index in [9.17, 15) is 4.79 Å². The average Bonchev–Trinajstić information content (AvgIpc) is 3.10. The molecule has 1 N–H and O–H groups in total. The number of carbonyl (C=O) groups excluding carboxylic acids is 1. The average molecular weight is 386 g/mol. The molecular formula is C25H27N3O. The van der Waals surface area contributed by atoms with Crippen LogP contribution in [-0.2, 0) is 4.79 Å². The molecule has 4 fully saturated rings. The Morgan fingerprint density at radius 3 is 2.52 bits per heavy atom. The first-order valence-electron chi connectivity index (χ1n) is 10.9. The predicted octanol–water partition coefficient (Wildman–Crippen LogP) is 5.46. The SMILES string of the molecule is Cc1ccn2cc(-c3cccc(NC(=O)C45CC6CC(CC(C6)C4)C5)c3)nc2c1. The van der Waals surface area contributed by atoms with Gasteiger partial charge in [0.05, 0.1) is 11.1 Å². The third kappa shape index (κ3) is 2.88. The molecule has 4 nitrogen and oxygen atoms in total. The van der Waals surface area contributed by atoms with Crippen LogP contribution in [0.3, 0.4) is 0 Å². The molecule has 2 aromatic heterocycles. The van der Waals surface area contributed by atoms with Gasteiger partial charge in [0.2, 0.25) is 5.91 Å². The third-order valence-corrected chi connectivity index (χ3v) is 7.55. The summed E-state index contributed by atoms with van der Waals surface area (Å²) in [5.74, 6) is 2.58. The predicted molar refractivity (Wildman–Crippen MR) is 115 cm³/mol. The first-order chi connectivity index (χ1) is 14.1. The van der Waals surface area contributed by atoms with E-state index in [1.54, 1.807) is 0 Å². The molecular weight excluding hydrogens is 358 g/mol. The van der Waals surface area contributed by atoms with Crippen molar-refractivity contribution < 1.29 is 4.79 Å². The maximum absolute atomic E-state index is 13.4.